The number of nitrogens with zero attached hydrogens (tertiary/aromatic N) is 1. The molecule has 0 saturated carbocycles. The summed E-state index contributed by atoms with van der Waals surface area (Å²) in [5.41, 5.74) is 3.88. The van der Waals surface area contributed by atoms with Gasteiger partial charge in [-0.3, -0.25) is 4.79 Å². The molecule has 5 nitrogen and oxygen atoms in total. The Balaban J connectivity index is 1.54. The number of carbonyl (C=O) groups is 1. The summed E-state index contributed by atoms with van der Waals surface area (Å²) in [6.07, 6.45) is 1.40. The minimum Gasteiger partial charge on any atom is -0.455 e. The van der Waals surface area contributed by atoms with Crippen molar-refractivity contribution < 1.29 is 9.21 Å². The topological polar surface area (TPSA) is 66.6 Å². The van der Waals surface area contributed by atoms with E-state index in [1.807, 2.05) is 0 Å². The molecule has 27 heavy (non-hydrogen) atoms. The summed E-state index contributed by atoms with van der Waals surface area (Å²) >= 11 is 18.0. The van der Waals surface area contributed by atoms with Crippen LogP contribution in [0.3, 0.4) is 0 Å². The van der Waals surface area contributed by atoms with Crippen LogP contribution in [0.1, 0.15) is 5.76 Å². The molecule has 2 aromatic carbocycles. The van der Waals surface area contributed by atoms with Gasteiger partial charge in [-0.05, 0) is 48.5 Å². The first-order valence-corrected chi connectivity index (χ1v) is 9.02. The highest BCUT2D eigenvalue weighted by molar-refractivity contribution is 6.43. The van der Waals surface area contributed by atoms with E-state index >= 15 is 0 Å². The maximum atomic E-state index is 11.8. The molecular weight excluding hydrogens is 409 g/mol. The lowest BCUT2D eigenvalue weighted by Crippen LogP contribution is -2.25. The predicted molar refractivity (Wildman–Crippen MR) is 110 cm³/mol. The molecule has 0 aliphatic carbocycles. The lowest BCUT2D eigenvalue weighted by molar-refractivity contribution is -0.119. The van der Waals surface area contributed by atoms with Crippen LogP contribution >= 0.6 is 34.8 Å². The molecule has 1 heterocycles. The van der Waals surface area contributed by atoms with Gasteiger partial charge in [0.05, 0.1) is 22.8 Å². The van der Waals surface area contributed by atoms with Crippen molar-refractivity contribution in [3.05, 3.63) is 75.4 Å². The molecular formula is C19H14Cl3N3O2. The van der Waals surface area contributed by atoms with Gasteiger partial charge in [0, 0.05) is 16.3 Å². The van der Waals surface area contributed by atoms with Crippen molar-refractivity contribution in [3.63, 3.8) is 0 Å². The number of furan rings is 1. The number of hydrazone groups is 1. The first-order chi connectivity index (χ1) is 13.0. The number of benzene rings is 2. The average Bonchev–Trinajstić information content (AvgIpc) is 3.12. The quantitative estimate of drug-likeness (QED) is 0.409. The molecule has 0 spiro atoms. The second-order valence-electron chi connectivity index (χ2n) is 5.46. The second kappa shape index (κ2) is 8.95. The molecule has 0 aliphatic heterocycles. The number of rotatable bonds is 6. The van der Waals surface area contributed by atoms with Gasteiger partial charge in [-0.1, -0.05) is 40.9 Å². The van der Waals surface area contributed by atoms with E-state index in [1.54, 1.807) is 54.6 Å². The van der Waals surface area contributed by atoms with Gasteiger partial charge < -0.3 is 9.73 Å². The number of anilines is 1. The number of amides is 1. The Morgan fingerprint density at radius 3 is 2.59 bits per heavy atom. The van der Waals surface area contributed by atoms with Crippen LogP contribution < -0.4 is 10.7 Å². The van der Waals surface area contributed by atoms with E-state index in [-0.39, 0.29) is 12.5 Å². The zero-order chi connectivity index (χ0) is 19.2. The van der Waals surface area contributed by atoms with Gasteiger partial charge in [0.25, 0.3) is 5.91 Å². The summed E-state index contributed by atoms with van der Waals surface area (Å²) in [6, 6.07) is 15.8. The Morgan fingerprint density at radius 1 is 1.04 bits per heavy atom. The smallest absolute Gasteiger partial charge is 0.259 e. The number of hydrogen-bond donors (Lipinski definition) is 2. The van der Waals surface area contributed by atoms with E-state index in [9.17, 15) is 4.79 Å². The fraction of sp³-hybridized carbons (Fsp3) is 0.0526. The number of hydrogen-bond acceptors (Lipinski definition) is 4. The third-order valence-corrected chi connectivity index (χ3v) is 4.59. The Morgan fingerprint density at radius 2 is 1.81 bits per heavy atom. The van der Waals surface area contributed by atoms with Crippen molar-refractivity contribution in [2.45, 2.75) is 0 Å². The van der Waals surface area contributed by atoms with Gasteiger partial charge in [0.2, 0.25) is 0 Å². The Labute approximate surface area is 170 Å². The van der Waals surface area contributed by atoms with Crippen LogP contribution in [-0.2, 0) is 4.79 Å². The maximum absolute atomic E-state index is 11.8. The molecule has 0 bridgehead atoms. The van der Waals surface area contributed by atoms with Crippen molar-refractivity contribution >= 4 is 52.6 Å². The fourth-order valence-electron chi connectivity index (χ4n) is 2.22. The van der Waals surface area contributed by atoms with Gasteiger partial charge in [-0.15, -0.1) is 0 Å². The Bertz CT molecular complexity index is 969. The molecule has 1 aromatic heterocycles. The molecule has 2 N–H and O–H groups in total. The van der Waals surface area contributed by atoms with Gasteiger partial charge in [-0.25, -0.2) is 5.43 Å². The average molecular weight is 423 g/mol. The lowest BCUT2D eigenvalue weighted by Gasteiger charge is -2.04. The van der Waals surface area contributed by atoms with Crippen LogP contribution in [-0.4, -0.2) is 18.7 Å². The van der Waals surface area contributed by atoms with Crippen molar-refractivity contribution in [2.75, 3.05) is 11.9 Å². The molecule has 0 atom stereocenters. The molecule has 0 radical (unpaired) electrons. The fourth-order valence-corrected chi connectivity index (χ4v) is 2.74. The minimum absolute atomic E-state index is 0.0699. The van der Waals surface area contributed by atoms with E-state index in [2.05, 4.69) is 15.8 Å². The molecule has 3 aromatic rings. The normalized spacial score (nSPS) is 10.9. The van der Waals surface area contributed by atoms with Crippen LogP contribution in [0.5, 0.6) is 0 Å². The van der Waals surface area contributed by atoms with Crippen LogP contribution in [0, 0.1) is 0 Å². The summed E-state index contributed by atoms with van der Waals surface area (Å²) < 4.78 is 5.66. The van der Waals surface area contributed by atoms with Crippen LogP contribution in [0.15, 0.2) is 64.1 Å². The Hall–Kier alpha value is -2.47. The van der Waals surface area contributed by atoms with Crippen molar-refractivity contribution in [1.29, 1.82) is 0 Å². The van der Waals surface area contributed by atoms with Gasteiger partial charge in [-0.2, -0.15) is 5.10 Å². The Kier molecular flexibility index (Phi) is 6.40. The van der Waals surface area contributed by atoms with E-state index in [0.717, 1.165) is 5.69 Å². The number of nitrogens with one attached hydrogen (secondary N) is 2. The second-order valence-corrected chi connectivity index (χ2v) is 6.68. The molecule has 138 valence electrons. The first kappa shape index (κ1) is 19.3. The first-order valence-electron chi connectivity index (χ1n) is 7.88. The third kappa shape index (κ3) is 5.26. The minimum atomic E-state index is -0.300. The van der Waals surface area contributed by atoms with Gasteiger partial charge in [0.1, 0.15) is 11.5 Å². The van der Waals surface area contributed by atoms with Crippen molar-refractivity contribution in [1.82, 2.24) is 5.43 Å². The zero-order valence-corrected chi connectivity index (χ0v) is 16.1. The summed E-state index contributed by atoms with van der Waals surface area (Å²) in [5, 5.41) is 8.33. The highest BCUT2D eigenvalue weighted by Gasteiger charge is 2.10. The summed E-state index contributed by atoms with van der Waals surface area (Å²) in [7, 11) is 0. The lowest BCUT2D eigenvalue weighted by atomic mass is 10.2. The molecule has 1 amide bonds. The zero-order valence-electron chi connectivity index (χ0n) is 13.9. The van der Waals surface area contributed by atoms with Gasteiger partial charge >= 0.3 is 0 Å². The van der Waals surface area contributed by atoms with Crippen molar-refractivity contribution in [2.24, 2.45) is 5.10 Å². The highest BCUT2D eigenvalue weighted by atomic mass is 35.5. The standard InChI is InChI=1S/C19H14Cl3N3O2/c20-12-4-6-13(7-5-12)23-11-18(26)25-24-10-14-8-9-17(27-14)15-2-1-3-16(21)19(15)22/h1-10,23H,11H2,(H,25,26)/b24-10-. The van der Waals surface area contributed by atoms with E-state index < -0.39 is 0 Å². The van der Waals surface area contributed by atoms with Gasteiger partial charge in [0.15, 0.2) is 0 Å². The van der Waals surface area contributed by atoms with Crippen molar-refractivity contribution in [3.8, 4) is 11.3 Å². The van der Waals surface area contributed by atoms with Crippen LogP contribution in [0.25, 0.3) is 11.3 Å². The summed E-state index contributed by atoms with van der Waals surface area (Å²) in [6.45, 7) is 0.0699. The summed E-state index contributed by atoms with van der Waals surface area (Å²) in [5.74, 6) is 0.720. The third-order valence-electron chi connectivity index (χ3n) is 3.52. The van der Waals surface area contributed by atoms with Crippen LogP contribution in [0.2, 0.25) is 15.1 Å². The summed E-state index contributed by atoms with van der Waals surface area (Å²) in [4.78, 5) is 11.8. The molecule has 3 rings (SSSR count). The number of halogens is 3. The predicted octanol–water partition coefficient (Wildman–Crippen LogP) is 5.47. The maximum Gasteiger partial charge on any atom is 0.259 e. The monoisotopic (exact) mass is 421 g/mol. The van der Waals surface area contributed by atoms with Crippen LogP contribution in [0.4, 0.5) is 5.69 Å². The molecule has 0 aliphatic rings. The highest BCUT2D eigenvalue weighted by Crippen LogP contribution is 2.34. The SMILES string of the molecule is O=C(CNc1ccc(Cl)cc1)N/N=C\c1ccc(-c2cccc(Cl)c2Cl)o1. The molecule has 0 saturated heterocycles. The largest absolute Gasteiger partial charge is 0.455 e. The molecule has 8 heteroatoms. The molecule has 0 fully saturated rings. The number of carbonyl (C=O) groups excluding carboxylic acids is 1. The molecule has 0 unspecified atom stereocenters. The van der Waals surface area contributed by atoms with E-state index in [4.69, 9.17) is 39.2 Å². The van der Waals surface area contributed by atoms with E-state index in [0.29, 0.717) is 32.2 Å². The van der Waals surface area contributed by atoms with E-state index in [1.165, 1.54) is 6.21 Å².